The number of hydrogen-bond donors (Lipinski definition) is 0. The number of esters is 1. The van der Waals surface area contributed by atoms with E-state index in [2.05, 4.69) is 22.0 Å². The molecule has 4 atom stereocenters. The van der Waals surface area contributed by atoms with Gasteiger partial charge in [0.15, 0.2) is 0 Å². The number of ether oxygens (including phenoxy) is 1. The Morgan fingerprint density at radius 2 is 1.48 bits per heavy atom. The Labute approximate surface area is 182 Å². The Morgan fingerprint density at radius 3 is 2.06 bits per heavy atom. The van der Waals surface area contributed by atoms with E-state index in [0.717, 1.165) is 45.7 Å². The van der Waals surface area contributed by atoms with Crippen LogP contribution in [-0.4, -0.2) is 78.9 Å². The van der Waals surface area contributed by atoms with Crippen molar-refractivity contribution in [2.45, 2.75) is 13.0 Å². The number of carbonyl (C=O) groups excluding carboxylic acids is 3. The summed E-state index contributed by atoms with van der Waals surface area (Å²) in [6.07, 6.45) is 5.26. The molecule has 2 saturated heterocycles. The monoisotopic (exact) mass is 423 g/mol. The van der Waals surface area contributed by atoms with Gasteiger partial charge in [-0.3, -0.25) is 24.3 Å². The number of piperazine rings is 1. The Balaban J connectivity index is 1.08. The lowest BCUT2D eigenvalue weighted by Crippen LogP contribution is -2.48. The average Bonchev–Trinajstić information content (AvgIpc) is 3.48. The number of fused-ring (bicyclic) bond motifs is 5. The minimum atomic E-state index is -0.317. The van der Waals surface area contributed by atoms with Crippen molar-refractivity contribution < 1.29 is 19.1 Å². The van der Waals surface area contributed by atoms with Crippen molar-refractivity contribution in [3.05, 3.63) is 47.5 Å². The third-order valence-electron chi connectivity index (χ3n) is 7.45. The highest BCUT2D eigenvalue weighted by molar-refractivity contribution is 6.06. The summed E-state index contributed by atoms with van der Waals surface area (Å²) in [5, 5.41) is 0. The summed E-state index contributed by atoms with van der Waals surface area (Å²) >= 11 is 0. The van der Waals surface area contributed by atoms with Crippen LogP contribution in [0.4, 0.5) is 0 Å². The van der Waals surface area contributed by atoms with Gasteiger partial charge in [0.1, 0.15) is 0 Å². The first-order chi connectivity index (χ1) is 15.0. The van der Waals surface area contributed by atoms with Gasteiger partial charge in [-0.15, -0.1) is 0 Å². The summed E-state index contributed by atoms with van der Waals surface area (Å²) in [5.74, 6) is 0.169. The number of nitrogens with zero attached hydrogens (tertiary/aromatic N) is 3. The first kappa shape index (κ1) is 20.4. The lowest BCUT2D eigenvalue weighted by molar-refractivity contribution is -0.141. The zero-order valence-corrected chi connectivity index (χ0v) is 17.9. The minimum Gasteiger partial charge on any atom is -0.465 e. The molecule has 2 aliphatic heterocycles. The highest BCUT2D eigenvalue weighted by Crippen LogP contribution is 2.52. The van der Waals surface area contributed by atoms with Crippen LogP contribution >= 0.6 is 0 Å². The first-order valence-electron chi connectivity index (χ1n) is 11.2. The zero-order chi connectivity index (χ0) is 21.5. The van der Waals surface area contributed by atoms with Crippen LogP contribution in [0.25, 0.3) is 0 Å². The molecule has 164 valence electrons. The predicted octanol–water partition coefficient (Wildman–Crippen LogP) is 1.40. The van der Waals surface area contributed by atoms with Gasteiger partial charge in [-0.25, -0.2) is 4.79 Å². The van der Waals surface area contributed by atoms with E-state index in [-0.39, 0.29) is 41.5 Å². The van der Waals surface area contributed by atoms with Gasteiger partial charge in [-0.1, -0.05) is 24.3 Å². The summed E-state index contributed by atoms with van der Waals surface area (Å²) in [5.41, 5.74) is 1.74. The van der Waals surface area contributed by atoms with E-state index in [0.29, 0.717) is 12.1 Å². The van der Waals surface area contributed by atoms with E-state index in [1.807, 2.05) is 12.1 Å². The number of amides is 2. The van der Waals surface area contributed by atoms with E-state index in [4.69, 9.17) is 4.74 Å². The molecule has 0 aromatic heterocycles. The van der Waals surface area contributed by atoms with Gasteiger partial charge >= 0.3 is 5.97 Å². The van der Waals surface area contributed by atoms with E-state index in [9.17, 15) is 14.4 Å². The van der Waals surface area contributed by atoms with Crippen molar-refractivity contribution >= 4 is 17.8 Å². The maximum absolute atomic E-state index is 12.8. The molecule has 2 aliphatic carbocycles. The van der Waals surface area contributed by atoms with Crippen molar-refractivity contribution in [2.24, 2.45) is 23.7 Å². The Morgan fingerprint density at radius 1 is 0.903 bits per heavy atom. The third-order valence-corrected chi connectivity index (χ3v) is 7.45. The Kier molecular flexibility index (Phi) is 5.40. The third kappa shape index (κ3) is 3.70. The maximum Gasteiger partial charge on any atom is 0.337 e. The van der Waals surface area contributed by atoms with Crippen LogP contribution in [0.2, 0.25) is 0 Å². The SMILES string of the molecule is COC(=O)c1ccc(CN2CCN(CCN3C(=O)[C@H]4[C@H](C3=O)[C@H]3C=C[C@H]4C3)CC2)cc1. The standard InChI is InChI=1S/C24H29N3O4/c1-31-24(30)17-4-2-16(3-5-17)15-26-10-8-25(9-11-26)12-13-27-22(28)20-18-6-7-19(14-18)21(20)23(27)29/h2-7,18-21H,8-15H2,1H3/t18-,19-,20+,21+/m0/s1. The molecule has 7 nitrogen and oxygen atoms in total. The van der Waals surface area contributed by atoms with Gasteiger partial charge in [-0.2, -0.15) is 0 Å². The van der Waals surface area contributed by atoms with Crippen LogP contribution in [0.5, 0.6) is 0 Å². The molecule has 3 fully saturated rings. The number of likely N-dealkylation sites (tertiary alicyclic amines) is 1. The van der Waals surface area contributed by atoms with E-state index >= 15 is 0 Å². The number of carbonyl (C=O) groups is 3. The summed E-state index contributed by atoms with van der Waals surface area (Å²) in [4.78, 5) is 43.5. The van der Waals surface area contributed by atoms with Gasteiger partial charge in [0.2, 0.25) is 11.8 Å². The molecule has 0 spiro atoms. The minimum absolute atomic E-state index is 0.0564. The molecule has 0 unspecified atom stereocenters. The van der Waals surface area contributed by atoms with Crippen LogP contribution in [0.15, 0.2) is 36.4 Å². The fraction of sp³-hybridized carbons (Fsp3) is 0.542. The molecule has 0 N–H and O–H groups in total. The molecule has 31 heavy (non-hydrogen) atoms. The van der Waals surface area contributed by atoms with Crippen molar-refractivity contribution in [3.8, 4) is 0 Å². The average molecular weight is 424 g/mol. The van der Waals surface area contributed by atoms with Crippen LogP contribution in [0, 0.1) is 23.7 Å². The lowest BCUT2D eigenvalue weighted by Gasteiger charge is -2.35. The molecule has 7 heteroatoms. The van der Waals surface area contributed by atoms with E-state index in [1.165, 1.54) is 17.6 Å². The van der Waals surface area contributed by atoms with Gasteiger partial charge in [0.05, 0.1) is 24.5 Å². The summed E-state index contributed by atoms with van der Waals surface area (Å²) in [6.45, 7) is 5.85. The second-order valence-corrected chi connectivity index (χ2v) is 9.13. The molecule has 1 aromatic carbocycles. The fourth-order valence-corrected chi connectivity index (χ4v) is 5.72. The second-order valence-electron chi connectivity index (χ2n) is 9.13. The van der Waals surface area contributed by atoms with E-state index in [1.54, 1.807) is 12.1 Å². The normalized spacial score (nSPS) is 30.3. The van der Waals surface area contributed by atoms with Gasteiger partial charge in [0, 0.05) is 45.8 Å². The van der Waals surface area contributed by atoms with Crippen molar-refractivity contribution in [2.75, 3.05) is 46.4 Å². The quantitative estimate of drug-likeness (QED) is 0.391. The molecule has 5 rings (SSSR count). The largest absolute Gasteiger partial charge is 0.465 e. The second kappa shape index (κ2) is 8.20. The molecule has 2 heterocycles. The van der Waals surface area contributed by atoms with Gasteiger partial charge in [-0.05, 0) is 36.0 Å². The fourth-order valence-electron chi connectivity index (χ4n) is 5.72. The number of methoxy groups -OCH3 is 1. The van der Waals surface area contributed by atoms with Crippen LogP contribution in [0.1, 0.15) is 22.3 Å². The molecule has 0 radical (unpaired) electrons. The highest BCUT2D eigenvalue weighted by Gasteiger charge is 2.59. The molecule has 4 aliphatic rings. The van der Waals surface area contributed by atoms with Crippen LogP contribution in [0.3, 0.4) is 0 Å². The molecule has 1 saturated carbocycles. The van der Waals surface area contributed by atoms with Gasteiger partial charge < -0.3 is 4.74 Å². The van der Waals surface area contributed by atoms with Gasteiger partial charge in [0.25, 0.3) is 0 Å². The number of hydrogen-bond acceptors (Lipinski definition) is 6. The first-order valence-corrected chi connectivity index (χ1v) is 11.2. The zero-order valence-electron chi connectivity index (χ0n) is 17.9. The number of allylic oxidation sites excluding steroid dienone is 2. The molecular formula is C24H29N3O4. The van der Waals surface area contributed by atoms with Crippen LogP contribution < -0.4 is 0 Å². The summed E-state index contributed by atoms with van der Waals surface area (Å²) in [6, 6.07) is 7.56. The Hall–Kier alpha value is -2.51. The molecule has 1 aromatic rings. The predicted molar refractivity (Wildman–Crippen MR) is 114 cm³/mol. The highest BCUT2D eigenvalue weighted by atomic mass is 16.5. The maximum atomic E-state index is 12.8. The molecular weight excluding hydrogens is 394 g/mol. The van der Waals surface area contributed by atoms with Crippen molar-refractivity contribution in [1.29, 1.82) is 0 Å². The summed E-state index contributed by atoms with van der Waals surface area (Å²) in [7, 11) is 1.39. The van der Waals surface area contributed by atoms with Crippen molar-refractivity contribution in [3.63, 3.8) is 0 Å². The van der Waals surface area contributed by atoms with Crippen molar-refractivity contribution in [1.82, 2.24) is 14.7 Å². The van der Waals surface area contributed by atoms with Crippen LogP contribution in [-0.2, 0) is 20.9 Å². The topological polar surface area (TPSA) is 70.2 Å². The molecule has 2 amide bonds. The smallest absolute Gasteiger partial charge is 0.337 e. The number of rotatable bonds is 6. The number of imide groups is 1. The lowest BCUT2D eigenvalue weighted by atomic mass is 9.85. The Bertz CT molecular complexity index is 874. The summed E-state index contributed by atoms with van der Waals surface area (Å²) < 4.78 is 4.74. The number of benzene rings is 1. The molecule has 2 bridgehead atoms. The van der Waals surface area contributed by atoms with E-state index < -0.39 is 0 Å².